The Bertz CT molecular complexity index is 546. The van der Waals surface area contributed by atoms with Crippen molar-refractivity contribution in [1.82, 2.24) is 10.3 Å². The smallest absolute Gasteiger partial charge is 0.0608 e. The fourth-order valence-electron chi connectivity index (χ4n) is 2.61. The Morgan fingerprint density at radius 1 is 1.10 bits per heavy atom. The van der Waals surface area contributed by atoms with Crippen LogP contribution in [0.15, 0.2) is 42.6 Å². The average Bonchev–Trinajstić information content (AvgIpc) is 2.53. The summed E-state index contributed by atoms with van der Waals surface area (Å²) in [6, 6.07) is 13.3. The number of benzene rings is 1. The summed E-state index contributed by atoms with van der Waals surface area (Å²) in [4.78, 5) is 4.65. The number of nitrogens with zero attached hydrogens (tertiary/aromatic N) is 1. The molecule has 0 saturated carbocycles. The van der Waals surface area contributed by atoms with Crippen LogP contribution in [-0.2, 0) is 12.8 Å². The van der Waals surface area contributed by atoms with E-state index in [1.54, 1.807) is 0 Å². The Labute approximate surface area is 128 Å². The molecule has 1 heterocycles. The van der Waals surface area contributed by atoms with E-state index in [1.807, 2.05) is 12.3 Å². The van der Waals surface area contributed by atoms with Crippen molar-refractivity contribution in [3.63, 3.8) is 0 Å². The van der Waals surface area contributed by atoms with Crippen LogP contribution in [0.1, 0.15) is 48.7 Å². The van der Waals surface area contributed by atoms with Gasteiger partial charge in [-0.15, -0.1) is 0 Å². The van der Waals surface area contributed by atoms with Crippen molar-refractivity contribution in [2.75, 3.05) is 6.54 Å². The van der Waals surface area contributed by atoms with E-state index in [-0.39, 0.29) is 0 Å². The van der Waals surface area contributed by atoms with Crippen LogP contribution < -0.4 is 5.32 Å². The van der Waals surface area contributed by atoms with Crippen LogP contribution in [0.2, 0.25) is 0 Å². The number of aryl methyl sites for hydroxylation is 2. The molecule has 0 aliphatic heterocycles. The van der Waals surface area contributed by atoms with Crippen LogP contribution in [0.5, 0.6) is 0 Å². The second kappa shape index (κ2) is 7.94. The van der Waals surface area contributed by atoms with Gasteiger partial charge in [-0.3, -0.25) is 4.98 Å². The van der Waals surface area contributed by atoms with E-state index in [2.05, 4.69) is 61.4 Å². The monoisotopic (exact) mass is 282 g/mol. The molecule has 0 fully saturated rings. The van der Waals surface area contributed by atoms with E-state index in [9.17, 15) is 0 Å². The number of rotatable bonds is 7. The molecule has 0 radical (unpaired) electrons. The third-order valence-electron chi connectivity index (χ3n) is 3.84. The summed E-state index contributed by atoms with van der Waals surface area (Å²) in [6.45, 7) is 7.55. The standard InChI is InChI=1S/C19H26N2/c1-4-12-20-18(14-16-10-8-15(3)9-11-16)19-17(5-2)7-6-13-21-19/h6-11,13,18,20H,4-5,12,14H2,1-3H3. The van der Waals surface area contributed by atoms with Crippen molar-refractivity contribution in [3.05, 3.63) is 65.0 Å². The van der Waals surface area contributed by atoms with E-state index in [1.165, 1.54) is 22.4 Å². The zero-order valence-electron chi connectivity index (χ0n) is 13.4. The quantitative estimate of drug-likeness (QED) is 0.821. The van der Waals surface area contributed by atoms with Gasteiger partial charge in [-0.1, -0.05) is 49.7 Å². The number of aromatic nitrogens is 1. The highest BCUT2D eigenvalue weighted by atomic mass is 14.9. The Morgan fingerprint density at radius 3 is 2.52 bits per heavy atom. The summed E-state index contributed by atoms with van der Waals surface area (Å²) < 4.78 is 0. The average molecular weight is 282 g/mol. The molecule has 0 aliphatic carbocycles. The first-order chi connectivity index (χ1) is 10.2. The number of nitrogens with one attached hydrogen (secondary N) is 1. The summed E-state index contributed by atoms with van der Waals surface area (Å²) in [5, 5.41) is 3.66. The predicted octanol–water partition coefficient (Wildman–Crippen LogP) is 4.24. The van der Waals surface area contributed by atoms with Gasteiger partial charge in [0.1, 0.15) is 0 Å². The SMILES string of the molecule is CCCNC(Cc1ccc(C)cc1)c1ncccc1CC. The Balaban J connectivity index is 2.23. The molecular weight excluding hydrogens is 256 g/mol. The number of hydrogen-bond donors (Lipinski definition) is 1. The minimum atomic E-state index is 0.295. The van der Waals surface area contributed by atoms with Gasteiger partial charge in [0.2, 0.25) is 0 Å². The van der Waals surface area contributed by atoms with Gasteiger partial charge in [-0.05, 0) is 49.9 Å². The van der Waals surface area contributed by atoms with E-state index < -0.39 is 0 Å². The molecule has 2 nitrogen and oxygen atoms in total. The highest BCUT2D eigenvalue weighted by Crippen LogP contribution is 2.21. The van der Waals surface area contributed by atoms with Crippen molar-refractivity contribution in [2.45, 2.75) is 46.1 Å². The first-order valence-corrected chi connectivity index (χ1v) is 7.97. The Kier molecular flexibility index (Phi) is 5.94. The molecule has 2 rings (SSSR count). The maximum absolute atomic E-state index is 4.65. The van der Waals surface area contributed by atoms with Crippen molar-refractivity contribution >= 4 is 0 Å². The molecule has 1 N–H and O–H groups in total. The highest BCUT2D eigenvalue weighted by Gasteiger charge is 2.15. The maximum Gasteiger partial charge on any atom is 0.0608 e. The third kappa shape index (κ3) is 4.40. The molecule has 2 aromatic rings. The molecule has 112 valence electrons. The van der Waals surface area contributed by atoms with Crippen molar-refractivity contribution < 1.29 is 0 Å². The van der Waals surface area contributed by atoms with Gasteiger partial charge in [-0.2, -0.15) is 0 Å². The molecule has 21 heavy (non-hydrogen) atoms. The summed E-state index contributed by atoms with van der Waals surface area (Å²) in [5.41, 5.74) is 5.22. The molecule has 1 unspecified atom stereocenters. The van der Waals surface area contributed by atoms with Gasteiger partial charge in [0.05, 0.1) is 11.7 Å². The Hall–Kier alpha value is -1.67. The van der Waals surface area contributed by atoms with E-state index >= 15 is 0 Å². The second-order valence-electron chi connectivity index (χ2n) is 5.60. The largest absolute Gasteiger partial charge is 0.308 e. The summed E-state index contributed by atoms with van der Waals surface area (Å²) in [5.74, 6) is 0. The lowest BCUT2D eigenvalue weighted by Gasteiger charge is -2.20. The van der Waals surface area contributed by atoms with Crippen molar-refractivity contribution in [2.24, 2.45) is 0 Å². The van der Waals surface area contributed by atoms with Crippen molar-refractivity contribution in [3.8, 4) is 0 Å². The lowest BCUT2D eigenvalue weighted by molar-refractivity contribution is 0.514. The summed E-state index contributed by atoms with van der Waals surface area (Å²) >= 11 is 0. The summed E-state index contributed by atoms with van der Waals surface area (Å²) in [6.07, 6.45) is 5.06. The van der Waals surface area contributed by atoms with Gasteiger partial charge >= 0.3 is 0 Å². The molecular formula is C19H26N2. The fourth-order valence-corrected chi connectivity index (χ4v) is 2.61. The zero-order valence-corrected chi connectivity index (χ0v) is 13.4. The van der Waals surface area contributed by atoms with Gasteiger partial charge in [0, 0.05) is 6.20 Å². The first-order valence-electron chi connectivity index (χ1n) is 7.97. The van der Waals surface area contributed by atoms with Crippen LogP contribution in [0.4, 0.5) is 0 Å². The van der Waals surface area contributed by atoms with E-state index in [4.69, 9.17) is 0 Å². The minimum absolute atomic E-state index is 0.295. The van der Waals surface area contributed by atoms with E-state index in [0.29, 0.717) is 6.04 Å². The van der Waals surface area contributed by atoms with Crippen LogP contribution in [0.3, 0.4) is 0 Å². The molecule has 0 amide bonds. The van der Waals surface area contributed by atoms with Gasteiger partial charge in [-0.25, -0.2) is 0 Å². The van der Waals surface area contributed by atoms with Crippen LogP contribution >= 0.6 is 0 Å². The molecule has 0 aliphatic rings. The molecule has 1 aromatic carbocycles. The highest BCUT2D eigenvalue weighted by molar-refractivity contribution is 5.27. The topological polar surface area (TPSA) is 24.9 Å². The predicted molar refractivity (Wildman–Crippen MR) is 89.5 cm³/mol. The third-order valence-corrected chi connectivity index (χ3v) is 3.84. The van der Waals surface area contributed by atoms with Crippen LogP contribution in [0, 0.1) is 6.92 Å². The van der Waals surface area contributed by atoms with Gasteiger partial charge in [0.15, 0.2) is 0 Å². The van der Waals surface area contributed by atoms with Crippen LogP contribution in [0.25, 0.3) is 0 Å². The second-order valence-corrected chi connectivity index (χ2v) is 5.60. The Morgan fingerprint density at radius 2 is 1.86 bits per heavy atom. The normalized spacial score (nSPS) is 12.3. The van der Waals surface area contributed by atoms with E-state index in [0.717, 1.165) is 25.8 Å². The molecule has 1 aromatic heterocycles. The summed E-state index contributed by atoms with van der Waals surface area (Å²) in [7, 11) is 0. The molecule has 1 atom stereocenters. The van der Waals surface area contributed by atoms with Crippen LogP contribution in [-0.4, -0.2) is 11.5 Å². The van der Waals surface area contributed by atoms with Gasteiger partial charge in [0.25, 0.3) is 0 Å². The van der Waals surface area contributed by atoms with Gasteiger partial charge < -0.3 is 5.32 Å². The molecule has 0 saturated heterocycles. The molecule has 0 spiro atoms. The number of pyridine rings is 1. The lowest BCUT2D eigenvalue weighted by atomic mass is 9.97. The first kappa shape index (κ1) is 15.7. The molecule has 0 bridgehead atoms. The van der Waals surface area contributed by atoms with Crippen molar-refractivity contribution in [1.29, 1.82) is 0 Å². The lowest BCUT2D eigenvalue weighted by Crippen LogP contribution is -2.26. The fraction of sp³-hybridized carbons (Fsp3) is 0.421. The minimum Gasteiger partial charge on any atom is -0.308 e. The molecule has 2 heteroatoms. The maximum atomic E-state index is 4.65. The number of hydrogen-bond acceptors (Lipinski definition) is 2. The zero-order chi connectivity index (χ0) is 15.1.